The van der Waals surface area contributed by atoms with Gasteiger partial charge < -0.3 is 4.74 Å². The summed E-state index contributed by atoms with van der Waals surface area (Å²) in [7, 11) is 0. The molecule has 0 aromatic carbocycles. The number of cyclic esters (lactones) is 1. The number of esters is 1. The third kappa shape index (κ3) is 1.31. The highest BCUT2D eigenvalue weighted by Crippen LogP contribution is 2.10. The molecule has 0 radical (unpaired) electrons. The molecule has 0 saturated heterocycles. The zero-order chi connectivity index (χ0) is 9.30. The van der Waals surface area contributed by atoms with Gasteiger partial charge in [-0.1, -0.05) is 0 Å². The number of rotatable bonds is 1. The van der Waals surface area contributed by atoms with Crippen LogP contribution in [0.15, 0.2) is 11.8 Å². The summed E-state index contributed by atoms with van der Waals surface area (Å²) >= 11 is 0. The lowest BCUT2D eigenvalue weighted by Gasteiger charge is -2.11. The first-order valence-electron chi connectivity index (χ1n) is 3.09. The quantitative estimate of drug-likeness (QED) is 0.233. The first-order chi connectivity index (χ1) is 5.52. The SMILES string of the molecule is CC1=CC(=O)C([N+](=O)[O-])C(=O)O1. The molecule has 1 rings (SSSR count). The van der Waals surface area contributed by atoms with Crippen LogP contribution in [-0.4, -0.2) is 22.7 Å². The highest BCUT2D eigenvalue weighted by atomic mass is 16.6. The monoisotopic (exact) mass is 171 g/mol. The van der Waals surface area contributed by atoms with Crippen molar-refractivity contribution in [3.8, 4) is 0 Å². The molecule has 1 aliphatic heterocycles. The lowest BCUT2D eigenvalue weighted by molar-refractivity contribution is -0.495. The van der Waals surface area contributed by atoms with Crippen molar-refractivity contribution in [3.05, 3.63) is 21.9 Å². The Balaban J connectivity index is 2.98. The number of ketones is 1. The number of nitrogens with zero attached hydrogens (tertiary/aromatic N) is 1. The zero-order valence-corrected chi connectivity index (χ0v) is 6.14. The van der Waals surface area contributed by atoms with E-state index in [1.54, 1.807) is 0 Å². The smallest absolute Gasteiger partial charge is 0.395 e. The molecule has 6 nitrogen and oxygen atoms in total. The summed E-state index contributed by atoms with van der Waals surface area (Å²) < 4.78 is 4.39. The Morgan fingerprint density at radius 2 is 2.17 bits per heavy atom. The molecule has 0 bridgehead atoms. The summed E-state index contributed by atoms with van der Waals surface area (Å²) in [6.07, 6.45) is 0.939. The Hall–Kier alpha value is -1.72. The fraction of sp³-hybridized carbons (Fsp3) is 0.333. The molecule has 0 aromatic rings. The second kappa shape index (κ2) is 2.72. The van der Waals surface area contributed by atoms with Crippen molar-refractivity contribution in [2.45, 2.75) is 13.0 Å². The van der Waals surface area contributed by atoms with Crippen molar-refractivity contribution in [2.75, 3.05) is 0 Å². The van der Waals surface area contributed by atoms with Crippen molar-refractivity contribution in [1.29, 1.82) is 0 Å². The number of ether oxygens (including phenoxy) is 1. The Kier molecular flexibility index (Phi) is 1.90. The molecule has 0 aliphatic carbocycles. The van der Waals surface area contributed by atoms with E-state index < -0.39 is 22.7 Å². The number of carbonyl (C=O) groups excluding carboxylic acids is 2. The van der Waals surface area contributed by atoms with Crippen LogP contribution in [0, 0.1) is 10.1 Å². The van der Waals surface area contributed by atoms with E-state index in [0.717, 1.165) is 6.08 Å². The summed E-state index contributed by atoms with van der Waals surface area (Å²) in [6, 6.07) is -1.88. The van der Waals surface area contributed by atoms with Gasteiger partial charge in [-0.05, 0) is 6.92 Å². The van der Waals surface area contributed by atoms with Crippen LogP contribution in [0.5, 0.6) is 0 Å². The van der Waals surface area contributed by atoms with Gasteiger partial charge >= 0.3 is 12.0 Å². The van der Waals surface area contributed by atoms with E-state index in [-0.39, 0.29) is 5.76 Å². The standard InChI is InChI=1S/C6H5NO5/c1-3-2-4(8)5(7(10)11)6(9)12-3/h2,5H,1H3. The van der Waals surface area contributed by atoms with E-state index in [2.05, 4.69) is 4.74 Å². The third-order valence-corrected chi connectivity index (χ3v) is 1.31. The number of hydrogen-bond acceptors (Lipinski definition) is 5. The maximum absolute atomic E-state index is 10.8. The number of nitro groups is 1. The maximum atomic E-state index is 10.8. The van der Waals surface area contributed by atoms with E-state index in [1.807, 2.05) is 0 Å². The lowest BCUT2D eigenvalue weighted by atomic mass is 10.1. The number of hydrogen-bond donors (Lipinski definition) is 0. The molecule has 1 unspecified atom stereocenters. The molecule has 0 fully saturated rings. The summed E-state index contributed by atoms with van der Waals surface area (Å²) in [4.78, 5) is 30.7. The van der Waals surface area contributed by atoms with Crippen LogP contribution in [0.1, 0.15) is 6.92 Å². The second-order valence-electron chi connectivity index (χ2n) is 2.27. The molecular weight excluding hydrogens is 166 g/mol. The maximum Gasteiger partial charge on any atom is 0.395 e. The largest absolute Gasteiger partial charge is 0.426 e. The predicted molar refractivity (Wildman–Crippen MR) is 35.6 cm³/mol. The minimum atomic E-state index is -1.88. The van der Waals surface area contributed by atoms with Crippen LogP contribution in [0.2, 0.25) is 0 Å². The number of allylic oxidation sites excluding steroid dienone is 1. The first-order valence-corrected chi connectivity index (χ1v) is 3.09. The minimum Gasteiger partial charge on any atom is -0.426 e. The summed E-state index contributed by atoms with van der Waals surface area (Å²) in [5.41, 5.74) is 0. The fourth-order valence-electron chi connectivity index (χ4n) is 0.829. The van der Waals surface area contributed by atoms with Crippen molar-refractivity contribution < 1.29 is 19.2 Å². The minimum absolute atomic E-state index is 0.0862. The number of carbonyl (C=O) groups is 2. The zero-order valence-electron chi connectivity index (χ0n) is 6.14. The van der Waals surface area contributed by atoms with Crippen LogP contribution in [-0.2, 0) is 14.3 Å². The van der Waals surface area contributed by atoms with E-state index in [4.69, 9.17) is 0 Å². The van der Waals surface area contributed by atoms with Gasteiger partial charge in [-0.2, -0.15) is 0 Å². The van der Waals surface area contributed by atoms with Crippen LogP contribution in [0.25, 0.3) is 0 Å². The third-order valence-electron chi connectivity index (χ3n) is 1.31. The summed E-state index contributed by atoms with van der Waals surface area (Å²) in [5, 5.41) is 10.1. The molecule has 64 valence electrons. The van der Waals surface area contributed by atoms with E-state index in [1.165, 1.54) is 6.92 Å². The van der Waals surface area contributed by atoms with Crippen molar-refractivity contribution in [2.24, 2.45) is 0 Å². The van der Waals surface area contributed by atoms with Gasteiger partial charge in [-0.25, -0.2) is 4.79 Å². The lowest BCUT2D eigenvalue weighted by Crippen LogP contribution is -2.40. The van der Waals surface area contributed by atoms with Gasteiger partial charge in [-0.15, -0.1) is 0 Å². The molecule has 1 atom stereocenters. The van der Waals surface area contributed by atoms with Gasteiger partial charge in [-0.3, -0.25) is 14.9 Å². The topological polar surface area (TPSA) is 86.5 Å². The fourth-order valence-corrected chi connectivity index (χ4v) is 0.829. The molecule has 12 heavy (non-hydrogen) atoms. The van der Waals surface area contributed by atoms with Crippen molar-refractivity contribution in [1.82, 2.24) is 0 Å². The Morgan fingerprint density at radius 1 is 1.58 bits per heavy atom. The van der Waals surface area contributed by atoms with E-state index in [9.17, 15) is 19.7 Å². The molecule has 1 heterocycles. The average molecular weight is 171 g/mol. The van der Waals surface area contributed by atoms with Crippen molar-refractivity contribution in [3.63, 3.8) is 0 Å². The molecular formula is C6H5NO5. The average Bonchev–Trinajstić information content (AvgIpc) is 1.82. The summed E-state index contributed by atoms with van der Waals surface area (Å²) in [5.74, 6) is -1.87. The molecule has 0 saturated carbocycles. The normalized spacial score (nSPS) is 23.1. The highest BCUT2D eigenvalue weighted by molar-refractivity contribution is 6.09. The molecule has 0 amide bonds. The second-order valence-corrected chi connectivity index (χ2v) is 2.27. The first kappa shape index (κ1) is 8.38. The van der Waals surface area contributed by atoms with Crippen molar-refractivity contribution >= 4 is 11.8 Å². The van der Waals surface area contributed by atoms with E-state index in [0.29, 0.717) is 0 Å². The van der Waals surface area contributed by atoms with Crippen LogP contribution >= 0.6 is 0 Å². The van der Waals surface area contributed by atoms with Crippen LogP contribution in [0.4, 0.5) is 0 Å². The van der Waals surface area contributed by atoms with Gasteiger partial charge in [0.2, 0.25) is 5.78 Å². The van der Waals surface area contributed by atoms with Gasteiger partial charge in [0.1, 0.15) is 5.76 Å². The Morgan fingerprint density at radius 3 is 2.58 bits per heavy atom. The molecule has 0 N–H and O–H groups in total. The van der Waals surface area contributed by atoms with Crippen LogP contribution < -0.4 is 0 Å². The predicted octanol–water partition coefficient (Wildman–Crippen LogP) is -0.339. The molecule has 0 spiro atoms. The van der Waals surface area contributed by atoms with Gasteiger partial charge in [0, 0.05) is 11.0 Å². The van der Waals surface area contributed by atoms with E-state index >= 15 is 0 Å². The molecule has 1 aliphatic rings. The van der Waals surface area contributed by atoms with Gasteiger partial charge in [0.15, 0.2) is 0 Å². The Bertz CT molecular complexity index is 292. The Labute approximate surface area is 67.0 Å². The van der Waals surface area contributed by atoms with Crippen LogP contribution in [0.3, 0.4) is 0 Å². The summed E-state index contributed by atoms with van der Waals surface area (Å²) in [6.45, 7) is 1.38. The molecule has 6 heteroatoms. The van der Waals surface area contributed by atoms with Gasteiger partial charge in [0.25, 0.3) is 0 Å². The highest BCUT2D eigenvalue weighted by Gasteiger charge is 2.41. The molecule has 0 aromatic heterocycles. The van der Waals surface area contributed by atoms with Gasteiger partial charge in [0.05, 0.1) is 0 Å².